The molecule has 0 aliphatic heterocycles. The summed E-state index contributed by atoms with van der Waals surface area (Å²) in [6, 6.07) is -0.829. The van der Waals surface area contributed by atoms with Crippen molar-refractivity contribution in [3.8, 4) is 0 Å². The minimum absolute atomic E-state index is 0.101. The number of nitrogens with one attached hydrogen (secondary N) is 1. The van der Waals surface area contributed by atoms with Crippen LogP contribution in [-0.4, -0.2) is 40.0 Å². The Kier molecular flexibility index (Phi) is 7.96. The van der Waals surface area contributed by atoms with E-state index in [1.807, 2.05) is 13.8 Å². The summed E-state index contributed by atoms with van der Waals surface area (Å²) in [5, 5.41) is 22.5. The van der Waals surface area contributed by atoms with E-state index in [1.165, 1.54) is 0 Å². The van der Waals surface area contributed by atoms with Gasteiger partial charge in [-0.15, -0.1) is 0 Å². The summed E-state index contributed by atoms with van der Waals surface area (Å²) in [5.74, 6) is 1.44. The van der Waals surface area contributed by atoms with Crippen LogP contribution in [0.15, 0.2) is 0 Å². The number of aliphatic hydroxyl groups is 1. The molecule has 0 radical (unpaired) electrons. The Morgan fingerprint density at radius 3 is 2.39 bits per heavy atom. The lowest BCUT2D eigenvalue weighted by Crippen LogP contribution is -2.57. The van der Waals surface area contributed by atoms with Crippen molar-refractivity contribution in [1.82, 2.24) is 5.32 Å². The number of carbonyl (C=O) groups excluding carboxylic acids is 2. The van der Waals surface area contributed by atoms with E-state index in [2.05, 4.69) is 26.1 Å². The summed E-state index contributed by atoms with van der Waals surface area (Å²) in [7, 11) is 0. The number of fused-ring (bicyclic) bond motifs is 5. The van der Waals surface area contributed by atoms with Crippen molar-refractivity contribution in [2.45, 2.75) is 117 Å². The monoisotopic (exact) mass is 503 g/mol. The van der Waals surface area contributed by atoms with Gasteiger partial charge in [-0.1, -0.05) is 41.0 Å². The van der Waals surface area contributed by atoms with E-state index in [1.54, 1.807) is 0 Å². The zero-order valence-electron chi connectivity index (χ0n) is 23.1. The van der Waals surface area contributed by atoms with Crippen LogP contribution in [0.25, 0.3) is 0 Å². The molecule has 0 saturated heterocycles. The first kappa shape index (κ1) is 27.6. The molecule has 204 valence electrons. The van der Waals surface area contributed by atoms with E-state index in [-0.39, 0.29) is 34.7 Å². The second-order valence-corrected chi connectivity index (χ2v) is 13.6. The fourth-order valence-electron chi connectivity index (χ4n) is 9.37. The van der Waals surface area contributed by atoms with Gasteiger partial charge in [0.05, 0.1) is 6.10 Å². The zero-order valence-corrected chi connectivity index (χ0v) is 23.1. The lowest BCUT2D eigenvalue weighted by atomic mass is 9.44. The number of carboxylic acids is 1. The standard InChI is InChI=1S/C30H49NO5/c1-6-17(2)27(28(35)36)31-25(34)10-7-18(3)21-8-9-22-26-23(12-14-30(21,22)5)29(4)13-11-20(32)15-19(29)16-24(26)33/h17-23,26-27,32H,6-16H2,1-5H3,(H,31,34)(H,35,36)/t17-,18+,19-,20+,21+,22-,23-,26-,27-,29-,30+/m0/s1. The number of Topliss-reactive ketones (excluding diaryl/α,β-unsaturated/α-hetero) is 1. The normalized spacial score (nSPS) is 42.4. The van der Waals surface area contributed by atoms with Crippen LogP contribution in [0.2, 0.25) is 0 Å². The van der Waals surface area contributed by atoms with Gasteiger partial charge in [-0.2, -0.15) is 0 Å². The van der Waals surface area contributed by atoms with Crippen molar-refractivity contribution in [3.05, 3.63) is 0 Å². The quantitative estimate of drug-likeness (QED) is 0.421. The van der Waals surface area contributed by atoms with E-state index in [0.29, 0.717) is 54.6 Å². The molecule has 4 aliphatic carbocycles. The molecule has 0 aromatic heterocycles. The molecule has 0 aromatic rings. The maximum Gasteiger partial charge on any atom is 0.326 e. The van der Waals surface area contributed by atoms with Gasteiger partial charge in [-0.05, 0) is 97.7 Å². The number of amides is 1. The Morgan fingerprint density at radius 2 is 1.72 bits per heavy atom. The van der Waals surface area contributed by atoms with Gasteiger partial charge in [0.15, 0.2) is 0 Å². The number of carboxylic acid groups (broad SMARTS) is 1. The SMILES string of the molecule is CC[C@H](C)[C@H](NC(=O)CC[C@@H](C)[C@H]1CC[C@H]2[C@@H]3C(=O)C[C@@H]4C[C@H](O)CC[C@]4(C)[C@H]3CC[C@]12C)C(=O)O. The number of aliphatic hydroxyl groups excluding tert-OH is 1. The fourth-order valence-corrected chi connectivity index (χ4v) is 9.37. The van der Waals surface area contributed by atoms with Gasteiger partial charge in [0, 0.05) is 18.8 Å². The number of carbonyl (C=O) groups is 3. The summed E-state index contributed by atoms with van der Waals surface area (Å²) in [6.45, 7) is 10.9. The maximum absolute atomic E-state index is 13.6. The van der Waals surface area contributed by atoms with Gasteiger partial charge in [-0.25, -0.2) is 4.79 Å². The number of ketones is 1. The maximum atomic E-state index is 13.6. The highest BCUT2D eigenvalue weighted by Crippen LogP contribution is 2.67. The van der Waals surface area contributed by atoms with Gasteiger partial charge >= 0.3 is 5.97 Å². The first-order chi connectivity index (χ1) is 16.9. The van der Waals surface area contributed by atoms with Crippen molar-refractivity contribution in [3.63, 3.8) is 0 Å². The van der Waals surface area contributed by atoms with Crippen LogP contribution < -0.4 is 5.32 Å². The molecule has 6 heteroatoms. The molecule has 4 fully saturated rings. The van der Waals surface area contributed by atoms with Crippen LogP contribution in [0.4, 0.5) is 0 Å². The molecule has 4 saturated carbocycles. The van der Waals surface area contributed by atoms with Crippen LogP contribution in [0.5, 0.6) is 0 Å². The molecule has 4 aliphatic rings. The van der Waals surface area contributed by atoms with Crippen molar-refractivity contribution >= 4 is 17.7 Å². The van der Waals surface area contributed by atoms with Crippen molar-refractivity contribution in [2.24, 2.45) is 52.3 Å². The Labute approximate surface area is 217 Å². The third kappa shape index (κ3) is 4.76. The third-order valence-electron chi connectivity index (χ3n) is 11.8. The topological polar surface area (TPSA) is 104 Å². The van der Waals surface area contributed by atoms with E-state index < -0.39 is 12.0 Å². The summed E-state index contributed by atoms with van der Waals surface area (Å²) in [5.41, 5.74) is 0.307. The Morgan fingerprint density at radius 1 is 1.06 bits per heavy atom. The molecule has 11 atom stereocenters. The minimum atomic E-state index is -0.964. The summed E-state index contributed by atoms with van der Waals surface area (Å²) < 4.78 is 0. The molecule has 0 unspecified atom stereocenters. The average Bonchev–Trinajstić information content (AvgIpc) is 3.18. The Balaban J connectivity index is 1.41. The van der Waals surface area contributed by atoms with E-state index in [9.17, 15) is 24.6 Å². The molecular weight excluding hydrogens is 454 g/mol. The molecule has 4 rings (SSSR count). The average molecular weight is 504 g/mol. The number of hydrogen-bond acceptors (Lipinski definition) is 4. The van der Waals surface area contributed by atoms with Crippen LogP contribution >= 0.6 is 0 Å². The fraction of sp³-hybridized carbons (Fsp3) is 0.900. The van der Waals surface area contributed by atoms with Gasteiger partial charge in [-0.3, -0.25) is 9.59 Å². The zero-order chi connectivity index (χ0) is 26.4. The smallest absolute Gasteiger partial charge is 0.326 e. The molecule has 0 spiro atoms. The molecular formula is C30H49NO5. The van der Waals surface area contributed by atoms with Gasteiger partial charge in [0.1, 0.15) is 11.8 Å². The summed E-state index contributed by atoms with van der Waals surface area (Å²) in [4.78, 5) is 37.8. The van der Waals surface area contributed by atoms with E-state index in [4.69, 9.17) is 0 Å². The summed E-state index contributed by atoms with van der Waals surface area (Å²) in [6.07, 6.45) is 9.37. The second-order valence-electron chi connectivity index (χ2n) is 13.6. The van der Waals surface area contributed by atoms with Crippen LogP contribution in [0, 0.1) is 52.3 Å². The molecule has 0 heterocycles. The predicted octanol–water partition coefficient (Wildman–Crippen LogP) is 5.22. The van der Waals surface area contributed by atoms with Crippen LogP contribution in [0.3, 0.4) is 0 Å². The predicted molar refractivity (Wildman–Crippen MR) is 139 cm³/mol. The van der Waals surface area contributed by atoms with Crippen molar-refractivity contribution < 1.29 is 24.6 Å². The largest absolute Gasteiger partial charge is 0.480 e. The number of rotatable bonds is 8. The molecule has 0 aromatic carbocycles. The highest BCUT2D eigenvalue weighted by molar-refractivity contribution is 5.84. The second kappa shape index (κ2) is 10.4. The first-order valence-electron chi connectivity index (χ1n) is 14.6. The van der Waals surface area contributed by atoms with Gasteiger partial charge in [0.25, 0.3) is 0 Å². The molecule has 1 amide bonds. The Hall–Kier alpha value is -1.43. The molecule has 6 nitrogen and oxygen atoms in total. The lowest BCUT2D eigenvalue weighted by Gasteiger charge is -2.60. The summed E-state index contributed by atoms with van der Waals surface area (Å²) >= 11 is 0. The molecule has 0 bridgehead atoms. The molecule has 3 N–H and O–H groups in total. The third-order valence-corrected chi connectivity index (χ3v) is 11.8. The lowest BCUT2D eigenvalue weighted by molar-refractivity contribution is -0.160. The van der Waals surface area contributed by atoms with E-state index >= 15 is 0 Å². The van der Waals surface area contributed by atoms with E-state index in [0.717, 1.165) is 51.4 Å². The van der Waals surface area contributed by atoms with Gasteiger partial charge < -0.3 is 15.5 Å². The number of hydrogen-bond donors (Lipinski definition) is 3. The highest BCUT2D eigenvalue weighted by atomic mass is 16.4. The Bertz CT molecular complexity index is 858. The van der Waals surface area contributed by atoms with Crippen LogP contribution in [0.1, 0.15) is 105 Å². The minimum Gasteiger partial charge on any atom is -0.480 e. The first-order valence-corrected chi connectivity index (χ1v) is 14.6. The number of aliphatic carboxylic acids is 1. The van der Waals surface area contributed by atoms with Gasteiger partial charge in [0.2, 0.25) is 5.91 Å². The highest BCUT2D eigenvalue weighted by Gasteiger charge is 2.63. The van der Waals surface area contributed by atoms with Crippen molar-refractivity contribution in [1.29, 1.82) is 0 Å². The van der Waals surface area contributed by atoms with Crippen molar-refractivity contribution in [2.75, 3.05) is 0 Å². The van der Waals surface area contributed by atoms with Crippen LogP contribution in [-0.2, 0) is 14.4 Å². The molecule has 36 heavy (non-hydrogen) atoms.